The first-order valence-electron chi connectivity index (χ1n) is 13.2. The van der Waals surface area contributed by atoms with Crippen LogP contribution in [0, 0.1) is 0 Å². The summed E-state index contributed by atoms with van der Waals surface area (Å²) < 4.78 is 45.1. The molecule has 5 rings (SSSR count). The number of benzene rings is 2. The van der Waals surface area contributed by atoms with Gasteiger partial charge in [0.05, 0.1) is 21.2 Å². The molecule has 2 aliphatic rings. The smallest absolute Gasteiger partial charge is 0.260 e. The van der Waals surface area contributed by atoms with E-state index in [4.69, 9.17) is 19.2 Å². The molecule has 1 amide bonds. The van der Waals surface area contributed by atoms with Gasteiger partial charge in [0.2, 0.25) is 16.8 Å². The second-order valence-electron chi connectivity index (χ2n) is 9.60. The summed E-state index contributed by atoms with van der Waals surface area (Å²) in [4.78, 5) is 22.6. The Kier molecular flexibility index (Phi) is 8.38. The summed E-state index contributed by atoms with van der Waals surface area (Å²) in [6.45, 7) is 8.18. The second kappa shape index (κ2) is 11.8. The lowest BCUT2D eigenvalue weighted by atomic mass is 10.2. The normalized spacial score (nSPS) is 17.0. The van der Waals surface area contributed by atoms with Crippen molar-refractivity contribution in [3.8, 4) is 11.5 Å². The summed E-state index contributed by atoms with van der Waals surface area (Å²) in [5, 5.41) is 0.568. The molecule has 1 unspecified atom stereocenters. The van der Waals surface area contributed by atoms with Crippen molar-refractivity contribution in [3.05, 3.63) is 42.0 Å². The van der Waals surface area contributed by atoms with Crippen LogP contribution >= 0.6 is 11.3 Å². The van der Waals surface area contributed by atoms with Crippen molar-refractivity contribution in [1.29, 1.82) is 0 Å². The number of ether oxygens (including phenoxy) is 3. The van der Waals surface area contributed by atoms with E-state index in [1.54, 1.807) is 24.1 Å². The predicted molar refractivity (Wildman–Crippen MR) is 150 cm³/mol. The summed E-state index contributed by atoms with van der Waals surface area (Å²) in [6, 6.07) is 9.85. The van der Waals surface area contributed by atoms with Gasteiger partial charge in [-0.15, -0.1) is 0 Å². The first kappa shape index (κ1) is 27.8. The Labute approximate surface area is 233 Å². The molecule has 2 aromatic carbocycles. The summed E-state index contributed by atoms with van der Waals surface area (Å²) in [5.41, 5.74) is 1.12. The molecule has 0 aliphatic carbocycles. The van der Waals surface area contributed by atoms with Crippen molar-refractivity contribution < 1.29 is 27.4 Å². The zero-order chi connectivity index (χ0) is 27.6. The molecule has 0 radical (unpaired) electrons. The SMILES string of the molecule is CCN(CC)CCN(C(=O)c1ccc(S(=O)(=O)N(C)CC2CCCO2)cc1)c1nc2cc3c(cc2s1)OCO3. The molecular weight excluding hydrogens is 540 g/mol. The zero-order valence-corrected chi connectivity index (χ0v) is 24.1. The number of thiazole rings is 1. The van der Waals surface area contributed by atoms with Crippen LogP contribution < -0.4 is 14.4 Å². The highest BCUT2D eigenvalue weighted by molar-refractivity contribution is 7.89. The topological polar surface area (TPSA) is 102 Å². The highest BCUT2D eigenvalue weighted by Gasteiger charge is 2.28. The number of nitrogens with zero attached hydrogens (tertiary/aromatic N) is 4. The molecule has 1 fully saturated rings. The molecule has 0 spiro atoms. The third-order valence-electron chi connectivity index (χ3n) is 7.18. The Morgan fingerprint density at radius 2 is 1.79 bits per heavy atom. The van der Waals surface area contributed by atoms with Gasteiger partial charge in [-0.1, -0.05) is 25.2 Å². The van der Waals surface area contributed by atoms with Crippen LogP contribution in [0.15, 0.2) is 41.3 Å². The number of fused-ring (bicyclic) bond motifs is 2. The van der Waals surface area contributed by atoms with Crippen molar-refractivity contribution in [3.63, 3.8) is 0 Å². The molecule has 0 bridgehead atoms. The fraction of sp³-hybridized carbons (Fsp3) is 0.481. The molecule has 1 saturated heterocycles. The highest BCUT2D eigenvalue weighted by Crippen LogP contribution is 2.40. The van der Waals surface area contributed by atoms with E-state index in [1.807, 2.05) is 12.1 Å². The predicted octanol–water partition coefficient (Wildman–Crippen LogP) is 3.81. The molecular formula is C27H34N4O6S2. The summed E-state index contributed by atoms with van der Waals surface area (Å²) in [6.07, 6.45) is 1.71. The zero-order valence-electron chi connectivity index (χ0n) is 22.5. The fourth-order valence-electron chi connectivity index (χ4n) is 4.77. The molecule has 210 valence electrons. The molecule has 3 heterocycles. The molecule has 10 nitrogen and oxygen atoms in total. The lowest BCUT2D eigenvalue weighted by Gasteiger charge is -2.25. The average molecular weight is 575 g/mol. The van der Waals surface area contributed by atoms with E-state index >= 15 is 0 Å². The van der Waals surface area contributed by atoms with Crippen LogP contribution in [0.5, 0.6) is 11.5 Å². The van der Waals surface area contributed by atoms with Crippen LogP contribution in [0.1, 0.15) is 37.0 Å². The highest BCUT2D eigenvalue weighted by atomic mass is 32.2. The molecule has 39 heavy (non-hydrogen) atoms. The third kappa shape index (κ3) is 5.90. The molecule has 0 saturated carbocycles. The number of hydrogen-bond acceptors (Lipinski definition) is 9. The first-order valence-corrected chi connectivity index (χ1v) is 15.5. The van der Waals surface area contributed by atoms with Gasteiger partial charge in [-0.2, -0.15) is 4.31 Å². The van der Waals surface area contributed by atoms with E-state index in [1.165, 1.54) is 27.8 Å². The Morgan fingerprint density at radius 3 is 2.46 bits per heavy atom. The Bertz CT molecular complexity index is 1380. The van der Waals surface area contributed by atoms with Gasteiger partial charge in [-0.3, -0.25) is 9.69 Å². The number of carbonyl (C=O) groups excluding carboxylic acids is 1. The number of amides is 1. The minimum atomic E-state index is -3.70. The lowest BCUT2D eigenvalue weighted by Crippen LogP contribution is -2.39. The van der Waals surface area contributed by atoms with Gasteiger partial charge in [0, 0.05) is 51.0 Å². The monoisotopic (exact) mass is 574 g/mol. The Balaban J connectivity index is 1.39. The van der Waals surface area contributed by atoms with Crippen molar-refractivity contribution in [2.45, 2.75) is 37.7 Å². The molecule has 3 aromatic rings. The first-order chi connectivity index (χ1) is 18.8. The molecule has 0 N–H and O–H groups in total. The van der Waals surface area contributed by atoms with Gasteiger partial charge >= 0.3 is 0 Å². The van der Waals surface area contributed by atoms with Gasteiger partial charge < -0.3 is 19.1 Å². The van der Waals surface area contributed by atoms with Crippen molar-refractivity contribution in [2.24, 2.45) is 0 Å². The number of sulfonamides is 1. The van der Waals surface area contributed by atoms with Gasteiger partial charge in [0.25, 0.3) is 5.91 Å². The van der Waals surface area contributed by atoms with Crippen molar-refractivity contribution in [2.75, 3.05) is 58.1 Å². The van der Waals surface area contributed by atoms with Gasteiger partial charge in [0.15, 0.2) is 16.6 Å². The number of hydrogen-bond donors (Lipinski definition) is 0. The quantitative estimate of drug-likeness (QED) is 0.341. The average Bonchev–Trinajstić information content (AvgIpc) is 3.70. The van der Waals surface area contributed by atoms with E-state index < -0.39 is 10.0 Å². The van der Waals surface area contributed by atoms with E-state index in [2.05, 4.69) is 18.7 Å². The van der Waals surface area contributed by atoms with Crippen LogP contribution in [-0.4, -0.2) is 87.8 Å². The van der Waals surface area contributed by atoms with E-state index in [0.29, 0.717) is 48.4 Å². The Hall–Kier alpha value is -2.77. The number of rotatable bonds is 11. The van der Waals surface area contributed by atoms with E-state index in [0.717, 1.165) is 36.1 Å². The van der Waals surface area contributed by atoms with E-state index in [9.17, 15) is 13.2 Å². The van der Waals surface area contributed by atoms with E-state index in [-0.39, 0.29) is 23.7 Å². The Morgan fingerprint density at radius 1 is 1.08 bits per heavy atom. The van der Waals surface area contributed by atoms with Crippen LogP contribution in [0.2, 0.25) is 0 Å². The second-order valence-corrected chi connectivity index (χ2v) is 12.7. The van der Waals surface area contributed by atoms with Crippen LogP contribution in [0.3, 0.4) is 0 Å². The standard InChI is InChI=1S/C27H34N4O6S2/c1-4-30(5-2)12-13-31(27-28-22-15-23-24(37-18-36-23)16-25(22)38-27)26(32)19-8-10-21(11-9-19)39(33,34)29(3)17-20-7-6-14-35-20/h8-11,15-16,20H,4-7,12-14,17-18H2,1-3H3. The van der Waals surface area contributed by atoms with Gasteiger partial charge in [-0.25, -0.2) is 13.4 Å². The van der Waals surface area contributed by atoms with Gasteiger partial charge in [-0.05, 0) is 50.2 Å². The fourth-order valence-corrected chi connectivity index (χ4v) is 6.97. The number of anilines is 1. The van der Waals surface area contributed by atoms with Crippen molar-refractivity contribution in [1.82, 2.24) is 14.2 Å². The summed E-state index contributed by atoms with van der Waals surface area (Å²) in [7, 11) is -2.14. The maximum atomic E-state index is 13.8. The maximum Gasteiger partial charge on any atom is 0.260 e. The molecule has 1 aromatic heterocycles. The largest absolute Gasteiger partial charge is 0.454 e. The van der Waals surface area contributed by atoms with Crippen LogP contribution in [0.25, 0.3) is 10.2 Å². The maximum absolute atomic E-state index is 13.8. The number of carbonyl (C=O) groups is 1. The molecule has 2 aliphatic heterocycles. The van der Waals surface area contributed by atoms with Crippen molar-refractivity contribution >= 4 is 42.6 Å². The number of aromatic nitrogens is 1. The lowest BCUT2D eigenvalue weighted by molar-refractivity contribution is 0.0978. The van der Waals surface area contributed by atoms with Crippen LogP contribution in [0.4, 0.5) is 5.13 Å². The minimum absolute atomic E-state index is 0.0851. The summed E-state index contributed by atoms with van der Waals surface area (Å²) in [5.74, 6) is 1.07. The molecule has 12 heteroatoms. The minimum Gasteiger partial charge on any atom is -0.454 e. The number of likely N-dealkylation sites (N-methyl/N-ethyl adjacent to an activating group) is 2. The van der Waals surface area contributed by atoms with Gasteiger partial charge in [0.1, 0.15) is 0 Å². The third-order valence-corrected chi connectivity index (χ3v) is 10.1. The molecule has 1 atom stereocenters. The summed E-state index contributed by atoms with van der Waals surface area (Å²) >= 11 is 1.41. The van der Waals surface area contributed by atoms with Crippen LogP contribution in [-0.2, 0) is 14.8 Å².